The quantitative estimate of drug-likeness (QED) is 0.531. The monoisotopic (exact) mass is 452 g/mol. The molecule has 3 aliphatic rings. The maximum absolute atomic E-state index is 12.3. The second-order valence-electron chi connectivity index (χ2n) is 10.8. The molecule has 1 aromatic heterocycles. The number of nitrogens with one attached hydrogen (secondary N) is 1. The Kier molecular flexibility index (Phi) is 5.29. The number of nitrogens with zero attached hydrogens (tertiary/aromatic N) is 1. The van der Waals surface area contributed by atoms with Crippen LogP contribution in [0.5, 0.6) is 5.75 Å². The lowest BCUT2D eigenvalue weighted by molar-refractivity contribution is -0.115. The Hall–Kier alpha value is -2.98. The van der Waals surface area contributed by atoms with Gasteiger partial charge in [-0.1, -0.05) is 42.5 Å². The summed E-state index contributed by atoms with van der Waals surface area (Å²) < 4.78 is 0. The Morgan fingerprint density at radius 1 is 0.941 bits per heavy atom. The van der Waals surface area contributed by atoms with E-state index in [-0.39, 0.29) is 5.92 Å². The number of carbonyl (C=O) groups excluding carboxylic acids is 1. The normalized spacial score (nSPS) is 24.7. The lowest BCUT2D eigenvalue weighted by atomic mass is 9.60. The van der Waals surface area contributed by atoms with Crippen LogP contribution in [-0.2, 0) is 16.6 Å². The van der Waals surface area contributed by atoms with Gasteiger partial charge in [0.25, 0.3) is 0 Å². The molecular formula is C30H32N2O2. The van der Waals surface area contributed by atoms with E-state index in [1.807, 2.05) is 12.3 Å². The second kappa shape index (κ2) is 8.35. The van der Waals surface area contributed by atoms with Crippen LogP contribution in [0.1, 0.15) is 71.9 Å². The summed E-state index contributed by atoms with van der Waals surface area (Å²) in [5.41, 5.74) is 5.90. The zero-order valence-electron chi connectivity index (χ0n) is 19.5. The van der Waals surface area contributed by atoms with Gasteiger partial charge in [0.05, 0.1) is 11.1 Å². The average Bonchev–Trinajstić information content (AvgIpc) is 2.87. The van der Waals surface area contributed by atoms with Gasteiger partial charge in [-0.05, 0) is 90.3 Å². The minimum absolute atomic E-state index is 0.177. The number of aromatic nitrogens is 1. The van der Waals surface area contributed by atoms with Gasteiger partial charge in [0.1, 0.15) is 12.0 Å². The number of phenols is 1. The number of hydrogen-bond donors (Lipinski definition) is 2. The molecule has 1 spiro atoms. The van der Waals surface area contributed by atoms with E-state index in [0.717, 1.165) is 57.3 Å². The molecule has 2 aliphatic carbocycles. The van der Waals surface area contributed by atoms with Crippen molar-refractivity contribution in [3.8, 4) is 5.75 Å². The number of benzene rings is 2. The lowest BCUT2D eigenvalue weighted by Gasteiger charge is -2.49. The Labute approximate surface area is 201 Å². The minimum Gasteiger partial charge on any atom is -0.508 e. The molecule has 1 aliphatic heterocycles. The summed E-state index contributed by atoms with van der Waals surface area (Å²) in [5.74, 6) is 0.858. The van der Waals surface area contributed by atoms with Crippen molar-refractivity contribution in [3.63, 3.8) is 0 Å². The Morgan fingerprint density at radius 3 is 2.38 bits per heavy atom. The highest BCUT2D eigenvalue weighted by atomic mass is 16.3. The van der Waals surface area contributed by atoms with Crippen molar-refractivity contribution in [2.75, 3.05) is 13.1 Å². The third kappa shape index (κ3) is 3.56. The number of aldehydes is 1. The number of fused-ring (bicyclic) bond motifs is 1. The number of carbonyl (C=O) groups is 1. The van der Waals surface area contributed by atoms with Gasteiger partial charge in [-0.3, -0.25) is 4.98 Å². The van der Waals surface area contributed by atoms with Gasteiger partial charge in [0.15, 0.2) is 0 Å². The molecule has 3 aromatic rings. The maximum Gasteiger partial charge on any atom is 0.132 e. The highest BCUT2D eigenvalue weighted by Gasteiger charge is 2.47. The van der Waals surface area contributed by atoms with E-state index >= 15 is 0 Å². The molecule has 2 N–H and O–H groups in total. The number of aryl methyl sites for hydroxylation is 1. The highest BCUT2D eigenvalue weighted by molar-refractivity contribution is 5.68. The molecule has 0 amide bonds. The summed E-state index contributed by atoms with van der Waals surface area (Å²) >= 11 is 0. The average molecular weight is 453 g/mol. The molecule has 174 valence electrons. The van der Waals surface area contributed by atoms with Gasteiger partial charge in [0, 0.05) is 25.2 Å². The van der Waals surface area contributed by atoms with Crippen molar-refractivity contribution >= 4 is 6.29 Å². The van der Waals surface area contributed by atoms with E-state index in [2.05, 4.69) is 53.8 Å². The summed E-state index contributed by atoms with van der Waals surface area (Å²) in [4.78, 5) is 17.3. The van der Waals surface area contributed by atoms with Gasteiger partial charge in [-0.15, -0.1) is 0 Å². The summed E-state index contributed by atoms with van der Waals surface area (Å²) in [7, 11) is 0. The third-order valence-electron chi connectivity index (χ3n) is 8.90. The minimum atomic E-state index is -0.450. The molecule has 4 heteroatoms. The zero-order valence-corrected chi connectivity index (χ0v) is 19.5. The van der Waals surface area contributed by atoms with Gasteiger partial charge in [0.2, 0.25) is 0 Å². The lowest BCUT2D eigenvalue weighted by Crippen LogP contribution is -2.56. The van der Waals surface area contributed by atoms with Crippen molar-refractivity contribution in [3.05, 3.63) is 94.8 Å². The van der Waals surface area contributed by atoms with Crippen molar-refractivity contribution in [1.29, 1.82) is 0 Å². The topological polar surface area (TPSA) is 62.2 Å². The number of aromatic hydroxyl groups is 1. The predicted octanol–water partition coefficient (Wildman–Crippen LogP) is 5.25. The number of rotatable bonds is 4. The van der Waals surface area contributed by atoms with E-state index in [9.17, 15) is 9.90 Å². The standard InChI is InChI=1S/C30H32N2O2/c33-20-30(14-12-29(13-15-30)18-31-19-29)27-11-7-23(17-32-27)28-25(21-4-2-1-3-5-21)9-6-22-16-24(34)8-10-26(22)28/h1-5,7-8,10-11,16-17,20,25,28,31,34H,6,9,12-15,18-19H2/t25-,28+/m0/s1. The summed E-state index contributed by atoms with van der Waals surface area (Å²) in [6.45, 7) is 2.18. The molecule has 1 saturated carbocycles. The molecule has 6 rings (SSSR count). The van der Waals surface area contributed by atoms with Crippen LogP contribution in [0.4, 0.5) is 0 Å². The number of pyridine rings is 1. The van der Waals surface area contributed by atoms with Crippen molar-refractivity contribution in [1.82, 2.24) is 10.3 Å². The molecule has 1 saturated heterocycles. The van der Waals surface area contributed by atoms with Crippen LogP contribution < -0.4 is 5.32 Å². The zero-order chi connectivity index (χ0) is 23.2. The summed E-state index contributed by atoms with van der Waals surface area (Å²) in [6, 6.07) is 20.8. The van der Waals surface area contributed by atoms with E-state index in [0.29, 0.717) is 17.1 Å². The van der Waals surface area contributed by atoms with Crippen molar-refractivity contribution in [2.45, 2.75) is 55.8 Å². The summed E-state index contributed by atoms with van der Waals surface area (Å²) in [6.07, 6.45) is 9.14. The molecule has 0 radical (unpaired) electrons. The van der Waals surface area contributed by atoms with E-state index in [4.69, 9.17) is 4.98 Å². The molecule has 2 heterocycles. The van der Waals surface area contributed by atoms with Crippen LogP contribution in [0, 0.1) is 5.41 Å². The van der Waals surface area contributed by atoms with Gasteiger partial charge < -0.3 is 15.2 Å². The second-order valence-corrected chi connectivity index (χ2v) is 10.8. The molecule has 0 unspecified atom stereocenters. The van der Waals surface area contributed by atoms with Gasteiger partial charge in [-0.25, -0.2) is 0 Å². The fourth-order valence-electron chi connectivity index (χ4n) is 6.65. The summed E-state index contributed by atoms with van der Waals surface area (Å²) in [5, 5.41) is 13.5. The third-order valence-corrected chi connectivity index (χ3v) is 8.90. The number of hydrogen-bond acceptors (Lipinski definition) is 4. The molecule has 34 heavy (non-hydrogen) atoms. The Bertz CT molecular complexity index is 1170. The SMILES string of the molecule is O=CC1(c2ccc([C@H]3c4ccc(O)cc4CC[C@H]3c3ccccc3)cn2)CCC2(CC1)CNC2. The first-order chi connectivity index (χ1) is 16.6. The van der Waals surface area contributed by atoms with Crippen LogP contribution in [0.2, 0.25) is 0 Å². The first-order valence-electron chi connectivity index (χ1n) is 12.6. The van der Waals surface area contributed by atoms with E-state index < -0.39 is 5.41 Å². The van der Waals surface area contributed by atoms with Gasteiger partial charge in [-0.2, -0.15) is 0 Å². The molecule has 2 atom stereocenters. The van der Waals surface area contributed by atoms with Crippen LogP contribution in [0.3, 0.4) is 0 Å². The van der Waals surface area contributed by atoms with Crippen LogP contribution in [-0.4, -0.2) is 29.5 Å². The first-order valence-corrected chi connectivity index (χ1v) is 12.6. The number of phenolic OH excluding ortho intramolecular Hbond substituents is 1. The fourth-order valence-corrected chi connectivity index (χ4v) is 6.65. The predicted molar refractivity (Wildman–Crippen MR) is 133 cm³/mol. The van der Waals surface area contributed by atoms with E-state index in [1.54, 1.807) is 6.07 Å². The van der Waals surface area contributed by atoms with Crippen molar-refractivity contribution in [2.24, 2.45) is 5.41 Å². The Balaban J connectivity index is 1.35. The van der Waals surface area contributed by atoms with E-state index in [1.165, 1.54) is 28.5 Å². The smallest absolute Gasteiger partial charge is 0.132 e. The van der Waals surface area contributed by atoms with Gasteiger partial charge >= 0.3 is 0 Å². The molecular weight excluding hydrogens is 420 g/mol. The van der Waals surface area contributed by atoms with Crippen molar-refractivity contribution < 1.29 is 9.90 Å². The highest BCUT2D eigenvalue weighted by Crippen LogP contribution is 2.49. The molecule has 0 bridgehead atoms. The first kappa shape index (κ1) is 21.5. The molecule has 2 aromatic carbocycles. The van der Waals surface area contributed by atoms with Crippen LogP contribution in [0.15, 0.2) is 66.9 Å². The van der Waals surface area contributed by atoms with Crippen LogP contribution >= 0.6 is 0 Å². The maximum atomic E-state index is 12.3. The fraction of sp³-hybridized carbons (Fsp3) is 0.400. The molecule has 4 nitrogen and oxygen atoms in total. The van der Waals surface area contributed by atoms with Crippen LogP contribution in [0.25, 0.3) is 0 Å². The largest absolute Gasteiger partial charge is 0.508 e. The molecule has 2 fully saturated rings. The Morgan fingerprint density at radius 2 is 1.74 bits per heavy atom.